The standard InChI is InChI=1S/C23H20ClF6N3O6/c24-16-9-17(12-32-11-16)37-23(38-19(35)21(25,26)27,39-20(36)22(28,29)30)18(34)33-6-4-14(5-7-33)15-3-1-2-13(8-15)10-31/h1-3,8-9,11-12,14H,4-7,10,31H2. The number of halogens is 7. The van der Waals surface area contributed by atoms with E-state index in [0.717, 1.165) is 34.5 Å². The number of carbonyl (C=O) groups is 3. The van der Waals surface area contributed by atoms with Crippen LogP contribution in [-0.2, 0) is 30.4 Å². The number of nitrogens with zero attached hydrogens (tertiary/aromatic N) is 2. The van der Waals surface area contributed by atoms with Crippen LogP contribution in [0.15, 0.2) is 42.7 Å². The summed E-state index contributed by atoms with van der Waals surface area (Å²) in [5, 5.41) is -0.223. The first-order valence-corrected chi connectivity index (χ1v) is 11.5. The molecule has 1 fully saturated rings. The van der Waals surface area contributed by atoms with Crippen LogP contribution in [0.25, 0.3) is 0 Å². The Morgan fingerprint density at radius 2 is 1.56 bits per heavy atom. The summed E-state index contributed by atoms with van der Waals surface area (Å²) in [6.07, 6.45) is -9.47. The first kappa shape index (κ1) is 30.0. The molecule has 9 nitrogen and oxygen atoms in total. The van der Waals surface area contributed by atoms with E-state index >= 15 is 0 Å². The van der Waals surface area contributed by atoms with Crippen LogP contribution in [0.2, 0.25) is 5.02 Å². The molecule has 2 N–H and O–H groups in total. The maximum atomic E-state index is 13.4. The molecule has 1 aliphatic heterocycles. The van der Waals surface area contributed by atoms with Crippen molar-refractivity contribution in [3.63, 3.8) is 0 Å². The molecule has 0 saturated carbocycles. The Morgan fingerprint density at radius 1 is 0.974 bits per heavy atom. The highest BCUT2D eigenvalue weighted by Gasteiger charge is 2.60. The quantitative estimate of drug-likeness (QED) is 0.297. The van der Waals surface area contributed by atoms with Gasteiger partial charge >= 0.3 is 36.2 Å². The molecule has 0 spiro atoms. The van der Waals surface area contributed by atoms with Crippen LogP contribution in [0.5, 0.6) is 5.75 Å². The summed E-state index contributed by atoms with van der Waals surface area (Å²) in [5.74, 6) is -13.2. The number of aromatic nitrogens is 1. The second-order valence-corrected chi connectivity index (χ2v) is 8.72. The minimum absolute atomic E-state index is 0.150. The van der Waals surface area contributed by atoms with Gasteiger partial charge < -0.3 is 24.8 Å². The summed E-state index contributed by atoms with van der Waals surface area (Å²) in [7, 11) is 0. The molecule has 1 aliphatic rings. The van der Waals surface area contributed by atoms with E-state index in [1.54, 1.807) is 18.2 Å². The minimum Gasteiger partial charge on any atom is -0.411 e. The zero-order valence-corrected chi connectivity index (χ0v) is 20.5. The van der Waals surface area contributed by atoms with Gasteiger partial charge in [-0.25, -0.2) is 9.59 Å². The molecule has 16 heteroatoms. The van der Waals surface area contributed by atoms with Crippen LogP contribution in [0.4, 0.5) is 26.3 Å². The van der Waals surface area contributed by atoms with Crippen molar-refractivity contribution in [3.8, 4) is 5.75 Å². The van der Waals surface area contributed by atoms with Crippen LogP contribution in [0.3, 0.4) is 0 Å². The number of carbonyl (C=O) groups excluding carboxylic acids is 3. The number of likely N-dealkylation sites (tertiary alicyclic amines) is 1. The smallest absolute Gasteiger partial charge is 0.411 e. The lowest BCUT2D eigenvalue weighted by molar-refractivity contribution is -0.321. The predicted molar refractivity (Wildman–Crippen MR) is 120 cm³/mol. The fourth-order valence-corrected chi connectivity index (χ4v) is 3.90. The number of amides is 1. The Hall–Kier alpha value is -3.59. The predicted octanol–water partition coefficient (Wildman–Crippen LogP) is 3.84. The fraction of sp³-hybridized carbons (Fsp3) is 0.391. The average Bonchev–Trinajstić information content (AvgIpc) is 2.87. The van der Waals surface area contributed by atoms with E-state index in [4.69, 9.17) is 22.1 Å². The molecule has 1 saturated heterocycles. The van der Waals surface area contributed by atoms with Crippen molar-refractivity contribution in [2.45, 2.75) is 43.6 Å². The molecule has 0 bridgehead atoms. The van der Waals surface area contributed by atoms with Gasteiger partial charge in [-0.2, -0.15) is 26.3 Å². The number of piperidine rings is 1. The van der Waals surface area contributed by atoms with E-state index in [1.165, 1.54) is 0 Å². The topological polar surface area (TPSA) is 121 Å². The summed E-state index contributed by atoms with van der Waals surface area (Å²) in [5.41, 5.74) is 7.33. The largest absolute Gasteiger partial charge is 0.508 e. The lowest BCUT2D eigenvalue weighted by Crippen LogP contribution is -2.61. The first-order chi connectivity index (χ1) is 18.1. The zero-order chi connectivity index (χ0) is 29.0. The lowest BCUT2D eigenvalue weighted by atomic mass is 9.88. The van der Waals surface area contributed by atoms with Gasteiger partial charge in [0.1, 0.15) is 5.75 Å². The maximum absolute atomic E-state index is 13.4. The number of hydrogen-bond donors (Lipinski definition) is 1. The summed E-state index contributed by atoms with van der Waals surface area (Å²) in [6, 6.07) is 8.02. The second-order valence-electron chi connectivity index (χ2n) is 8.29. The molecule has 0 aliphatic carbocycles. The van der Waals surface area contributed by atoms with Gasteiger partial charge in [0, 0.05) is 31.9 Å². The van der Waals surface area contributed by atoms with E-state index < -0.39 is 41.9 Å². The van der Waals surface area contributed by atoms with Crippen LogP contribution in [0, 0.1) is 0 Å². The van der Waals surface area contributed by atoms with Gasteiger partial charge in [0.05, 0.1) is 11.2 Å². The third-order valence-corrected chi connectivity index (χ3v) is 5.76. The van der Waals surface area contributed by atoms with Crippen LogP contribution in [0.1, 0.15) is 29.9 Å². The number of hydrogen-bond acceptors (Lipinski definition) is 8. The van der Waals surface area contributed by atoms with Gasteiger partial charge in [0.2, 0.25) is 0 Å². The second kappa shape index (κ2) is 11.7. The minimum atomic E-state index is -5.81. The zero-order valence-electron chi connectivity index (χ0n) is 19.7. The highest BCUT2D eigenvalue weighted by Crippen LogP contribution is 2.34. The molecule has 212 valence electrons. The molecular weight excluding hydrogens is 564 g/mol. The molecule has 1 aromatic carbocycles. The Bertz CT molecular complexity index is 1190. The summed E-state index contributed by atoms with van der Waals surface area (Å²) in [4.78, 5) is 41.2. The number of nitrogens with two attached hydrogens (primary N) is 1. The number of ether oxygens (including phenoxy) is 3. The van der Waals surface area contributed by atoms with Crippen LogP contribution in [-0.4, -0.2) is 59.1 Å². The third-order valence-electron chi connectivity index (χ3n) is 5.55. The number of rotatable bonds is 7. The van der Waals surface area contributed by atoms with Gasteiger partial charge in [0.15, 0.2) is 0 Å². The molecule has 0 atom stereocenters. The Balaban J connectivity index is 1.97. The van der Waals surface area contributed by atoms with Crippen molar-refractivity contribution in [1.29, 1.82) is 0 Å². The molecule has 2 heterocycles. The van der Waals surface area contributed by atoms with E-state index in [0.29, 0.717) is 0 Å². The van der Waals surface area contributed by atoms with Crippen LogP contribution >= 0.6 is 11.6 Å². The van der Waals surface area contributed by atoms with Crippen molar-refractivity contribution in [2.75, 3.05) is 13.1 Å². The molecule has 2 aromatic rings. The molecule has 1 aromatic heterocycles. The summed E-state index contributed by atoms with van der Waals surface area (Å²) < 4.78 is 91.7. The molecule has 3 rings (SSSR count). The van der Waals surface area contributed by atoms with Crippen LogP contribution < -0.4 is 10.5 Å². The number of pyridine rings is 1. The van der Waals surface area contributed by atoms with Gasteiger partial charge in [-0.3, -0.25) is 9.78 Å². The van der Waals surface area contributed by atoms with Gasteiger partial charge in [-0.05, 0) is 29.9 Å². The van der Waals surface area contributed by atoms with E-state index in [9.17, 15) is 40.7 Å². The number of benzene rings is 1. The highest BCUT2D eigenvalue weighted by atomic mass is 35.5. The van der Waals surface area contributed by atoms with E-state index in [2.05, 4.69) is 14.5 Å². The summed E-state index contributed by atoms with van der Waals surface area (Å²) in [6.45, 7) is -0.205. The molecule has 39 heavy (non-hydrogen) atoms. The van der Waals surface area contributed by atoms with E-state index in [1.807, 2.05) is 6.07 Å². The molecule has 0 radical (unpaired) electrons. The van der Waals surface area contributed by atoms with Gasteiger partial charge in [0.25, 0.3) is 0 Å². The van der Waals surface area contributed by atoms with Gasteiger partial charge in [-0.15, -0.1) is 0 Å². The Kier molecular flexibility index (Phi) is 8.95. The summed E-state index contributed by atoms with van der Waals surface area (Å²) >= 11 is 5.73. The number of alkyl halides is 6. The monoisotopic (exact) mass is 583 g/mol. The molecule has 0 unspecified atom stereocenters. The number of esters is 2. The first-order valence-electron chi connectivity index (χ1n) is 11.1. The normalized spacial score (nSPS) is 15.0. The SMILES string of the molecule is NCc1cccc(C2CCN(C(=O)C(OC(=O)C(F)(F)F)(OC(=O)C(F)(F)F)Oc3cncc(Cl)c3)CC2)c1. The molecular formula is C23H20ClF6N3O6. The van der Waals surface area contributed by atoms with Gasteiger partial charge in [-0.1, -0.05) is 35.9 Å². The van der Waals surface area contributed by atoms with Crippen molar-refractivity contribution < 1.29 is 54.9 Å². The molecule has 1 amide bonds. The van der Waals surface area contributed by atoms with Crippen molar-refractivity contribution >= 4 is 29.4 Å². The van der Waals surface area contributed by atoms with E-state index in [-0.39, 0.29) is 43.4 Å². The fourth-order valence-electron chi connectivity index (χ4n) is 3.74. The van der Waals surface area contributed by atoms with Crippen molar-refractivity contribution in [1.82, 2.24) is 9.88 Å². The third kappa shape index (κ3) is 7.50. The Morgan fingerprint density at radius 3 is 2.08 bits per heavy atom. The average molecular weight is 584 g/mol. The van der Waals surface area contributed by atoms with Crippen molar-refractivity contribution in [2.24, 2.45) is 5.73 Å². The highest BCUT2D eigenvalue weighted by molar-refractivity contribution is 6.30. The Labute approximate surface area is 221 Å². The maximum Gasteiger partial charge on any atom is 0.508 e. The lowest BCUT2D eigenvalue weighted by Gasteiger charge is -2.38. The van der Waals surface area contributed by atoms with Crippen molar-refractivity contribution in [3.05, 3.63) is 58.9 Å².